The van der Waals surface area contributed by atoms with Gasteiger partial charge in [0.15, 0.2) is 0 Å². The minimum Gasteiger partial charge on any atom is -0.493 e. The average molecular weight is 628 g/mol. The molecule has 0 saturated heterocycles. The summed E-state index contributed by atoms with van der Waals surface area (Å²) in [5.74, 6) is 1.69. The Morgan fingerprint density at radius 2 is 0.667 bits per heavy atom. The quantitative estimate of drug-likeness (QED) is 0.0761. The summed E-state index contributed by atoms with van der Waals surface area (Å²) in [6.07, 6.45) is 41.3. The first-order chi connectivity index (χ1) is 22.2. The van der Waals surface area contributed by atoms with Crippen molar-refractivity contribution in [2.75, 3.05) is 13.2 Å². The Kier molecular flexibility index (Phi) is 29.7. The molecule has 3 heteroatoms. The van der Waals surface area contributed by atoms with Crippen LogP contribution in [0.5, 0.6) is 11.5 Å². The van der Waals surface area contributed by atoms with Gasteiger partial charge in [-0.25, -0.2) is 0 Å². The van der Waals surface area contributed by atoms with Crippen LogP contribution >= 0.6 is 0 Å². The molecule has 0 unspecified atom stereocenters. The molecule has 45 heavy (non-hydrogen) atoms. The molecular weight excluding hydrogens is 550 g/mol. The molecule has 0 atom stereocenters. The molecule has 0 aliphatic heterocycles. The number of rotatable bonds is 35. The van der Waals surface area contributed by atoms with Crippen LogP contribution in [0.3, 0.4) is 0 Å². The second-order valence-electron chi connectivity index (χ2n) is 13.8. The molecule has 1 aromatic rings. The van der Waals surface area contributed by atoms with Gasteiger partial charge >= 0.3 is 0 Å². The lowest BCUT2D eigenvalue weighted by atomic mass is 10.0. The van der Waals surface area contributed by atoms with E-state index in [1.807, 2.05) is 18.2 Å². The van der Waals surface area contributed by atoms with Crippen molar-refractivity contribution < 1.29 is 9.47 Å². The number of hydrogen-bond donors (Lipinski definition) is 1. The van der Waals surface area contributed by atoms with Gasteiger partial charge in [-0.2, -0.15) is 0 Å². The van der Waals surface area contributed by atoms with Crippen molar-refractivity contribution in [2.24, 2.45) is 5.73 Å². The fraction of sp³-hybridized carbons (Fsp3) is 0.810. The van der Waals surface area contributed by atoms with Gasteiger partial charge in [-0.3, -0.25) is 0 Å². The molecule has 1 rings (SSSR count). The molecule has 0 aromatic heterocycles. The molecule has 0 amide bonds. The van der Waals surface area contributed by atoms with E-state index >= 15 is 0 Å². The second-order valence-corrected chi connectivity index (χ2v) is 13.8. The summed E-state index contributed by atoms with van der Waals surface area (Å²) in [7, 11) is 0. The van der Waals surface area contributed by atoms with E-state index in [1.165, 1.54) is 180 Å². The van der Waals surface area contributed by atoms with E-state index in [2.05, 4.69) is 20.4 Å². The molecule has 3 nitrogen and oxygen atoms in total. The van der Waals surface area contributed by atoms with Crippen LogP contribution in [0.15, 0.2) is 24.8 Å². The SMILES string of the molecule is C=C(N)c1cc(OCCCCCCCCCCCCCCCCC)cc(OCCCCCCCCCCCCCCCCC)c1. The summed E-state index contributed by atoms with van der Waals surface area (Å²) in [4.78, 5) is 0. The molecule has 1 aromatic carbocycles. The van der Waals surface area contributed by atoms with Crippen LogP contribution in [0, 0.1) is 0 Å². The molecule has 0 aliphatic rings. The Morgan fingerprint density at radius 1 is 0.422 bits per heavy atom. The van der Waals surface area contributed by atoms with E-state index in [-0.39, 0.29) is 0 Å². The molecule has 0 saturated carbocycles. The molecule has 0 radical (unpaired) electrons. The molecule has 0 heterocycles. The number of unbranched alkanes of at least 4 members (excludes halogenated alkanes) is 28. The van der Waals surface area contributed by atoms with E-state index in [1.54, 1.807) is 0 Å². The fourth-order valence-corrected chi connectivity index (χ4v) is 6.25. The molecule has 0 fully saturated rings. The number of ether oxygens (including phenoxy) is 2. The first kappa shape index (κ1) is 41.4. The minimum atomic E-state index is 0.559. The lowest BCUT2D eigenvalue weighted by Gasteiger charge is -2.12. The van der Waals surface area contributed by atoms with E-state index < -0.39 is 0 Å². The smallest absolute Gasteiger partial charge is 0.123 e. The Labute approximate surface area is 281 Å². The highest BCUT2D eigenvalue weighted by molar-refractivity contribution is 5.63. The van der Waals surface area contributed by atoms with Gasteiger partial charge in [0.05, 0.1) is 13.2 Å². The third kappa shape index (κ3) is 27.2. The molecule has 262 valence electrons. The highest BCUT2D eigenvalue weighted by atomic mass is 16.5. The zero-order chi connectivity index (χ0) is 32.5. The van der Waals surface area contributed by atoms with Crippen molar-refractivity contribution in [2.45, 2.75) is 206 Å². The maximum Gasteiger partial charge on any atom is 0.123 e. The van der Waals surface area contributed by atoms with Gasteiger partial charge in [0.25, 0.3) is 0 Å². The van der Waals surface area contributed by atoms with Crippen molar-refractivity contribution in [1.29, 1.82) is 0 Å². The first-order valence-corrected chi connectivity index (χ1v) is 20.0. The van der Waals surface area contributed by atoms with Gasteiger partial charge in [0.1, 0.15) is 11.5 Å². The Bertz CT molecular complexity index is 722. The van der Waals surface area contributed by atoms with Crippen LogP contribution in [0.2, 0.25) is 0 Å². The van der Waals surface area contributed by atoms with Crippen LogP contribution in [0.25, 0.3) is 5.70 Å². The van der Waals surface area contributed by atoms with Gasteiger partial charge in [-0.15, -0.1) is 0 Å². The Hall–Kier alpha value is -1.64. The summed E-state index contributed by atoms with van der Waals surface area (Å²) in [6, 6.07) is 6.00. The number of benzene rings is 1. The van der Waals surface area contributed by atoms with Crippen LogP contribution in [0.1, 0.15) is 212 Å². The molecule has 0 aliphatic carbocycles. The first-order valence-electron chi connectivity index (χ1n) is 20.0. The van der Waals surface area contributed by atoms with Crippen molar-refractivity contribution >= 4 is 5.70 Å². The van der Waals surface area contributed by atoms with Gasteiger partial charge < -0.3 is 15.2 Å². The summed E-state index contributed by atoms with van der Waals surface area (Å²) in [5, 5.41) is 0. The van der Waals surface area contributed by atoms with E-state index in [0.717, 1.165) is 43.1 Å². The maximum absolute atomic E-state index is 6.11. The van der Waals surface area contributed by atoms with Crippen LogP contribution in [-0.2, 0) is 0 Å². The van der Waals surface area contributed by atoms with Crippen molar-refractivity contribution in [3.63, 3.8) is 0 Å². The standard InChI is InChI=1S/C42H77NO2/c1-4-6-8-10-12-14-16-18-20-22-24-26-28-30-32-34-44-41-36-40(39(3)43)37-42(38-41)45-35-33-31-29-27-25-23-21-19-17-15-13-11-9-7-5-2/h36-38H,3-35,43H2,1-2H3. The summed E-state index contributed by atoms with van der Waals surface area (Å²) in [6.45, 7) is 10.0. The molecule has 0 bridgehead atoms. The van der Waals surface area contributed by atoms with Crippen molar-refractivity contribution in [3.05, 3.63) is 30.3 Å². The van der Waals surface area contributed by atoms with Crippen LogP contribution in [-0.4, -0.2) is 13.2 Å². The predicted molar refractivity (Wildman–Crippen MR) is 201 cm³/mol. The van der Waals surface area contributed by atoms with Gasteiger partial charge in [-0.1, -0.05) is 200 Å². The minimum absolute atomic E-state index is 0.559. The number of nitrogens with two attached hydrogens (primary N) is 1. The van der Waals surface area contributed by atoms with Gasteiger partial charge in [0, 0.05) is 17.3 Å². The Morgan fingerprint density at radius 3 is 0.911 bits per heavy atom. The fourth-order valence-electron chi connectivity index (χ4n) is 6.25. The third-order valence-electron chi connectivity index (χ3n) is 9.28. The summed E-state index contributed by atoms with van der Waals surface area (Å²) >= 11 is 0. The summed E-state index contributed by atoms with van der Waals surface area (Å²) in [5.41, 5.74) is 7.48. The van der Waals surface area contributed by atoms with Crippen LogP contribution < -0.4 is 15.2 Å². The summed E-state index contributed by atoms with van der Waals surface area (Å²) < 4.78 is 12.2. The largest absolute Gasteiger partial charge is 0.493 e. The Balaban J connectivity index is 2.03. The second kappa shape index (κ2) is 32.3. The lowest BCUT2D eigenvalue weighted by molar-refractivity contribution is 0.289. The molecule has 0 spiro atoms. The molecule has 2 N–H and O–H groups in total. The lowest BCUT2D eigenvalue weighted by Crippen LogP contribution is -2.02. The van der Waals surface area contributed by atoms with E-state index in [4.69, 9.17) is 15.2 Å². The van der Waals surface area contributed by atoms with Crippen LogP contribution in [0.4, 0.5) is 0 Å². The monoisotopic (exact) mass is 628 g/mol. The van der Waals surface area contributed by atoms with Crippen molar-refractivity contribution in [3.8, 4) is 11.5 Å². The number of hydrogen-bond acceptors (Lipinski definition) is 3. The normalized spacial score (nSPS) is 11.2. The van der Waals surface area contributed by atoms with Gasteiger partial charge in [0.2, 0.25) is 0 Å². The zero-order valence-corrected chi connectivity index (χ0v) is 30.5. The average Bonchev–Trinajstić information content (AvgIpc) is 3.04. The van der Waals surface area contributed by atoms with E-state index in [9.17, 15) is 0 Å². The maximum atomic E-state index is 6.11. The predicted octanol–water partition coefficient (Wildman–Crippen LogP) is 14.1. The zero-order valence-electron chi connectivity index (χ0n) is 30.5. The topological polar surface area (TPSA) is 44.5 Å². The van der Waals surface area contributed by atoms with Gasteiger partial charge in [-0.05, 0) is 25.0 Å². The highest BCUT2D eigenvalue weighted by Gasteiger charge is 2.05. The highest BCUT2D eigenvalue weighted by Crippen LogP contribution is 2.26. The van der Waals surface area contributed by atoms with E-state index in [0.29, 0.717) is 5.70 Å². The molecular formula is C42H77NO2. The van der Waals surface area contributed by atoms with Crippen molar-refractivity contribution in [1.82, 2.24) is 0 Å². The third-order valence-corrected chi connectivity index (χ3v) is 9.28.